The van der Waals surface area contributed by atoms with Crippen LogP contribution in [0, 0.1) is 5.41 Å². The first-order chi connectivity index (χ1) is 4.39. The molecule has 0 aliphatic carbocycles. The summed E-state index contributed by atoms with van der Waals surface area (Å²) in [6.07, 6.45) is 0. The normalized spacial score (nSPS) is 11.3. The van der Waals surface area contributed by atoms with Crippen molar-refractivity contribution < 1.29 is 14.8 Å². The van der Waals surface area contributed by atoms with Crippen molar-refractivity contribution in [1.82, 2.24) is 5.23 Å². The number of carbonyl (C=O) groups excluding carboxylic acids is 1. The van der Waals surface area contributed by atoms with E-state index in [2.05, 4.69) is 4.84 Å². The number of rotatable bonds is 1. The summed E-state index contributed by atoms with van der Waals surface area (Å²) in [5, 5.41) is 8.96. The fourth-order valence-electron chi connectivity index (χ4n) is 0.370. The molecule has 4 nitrogen and oxygen atoms in total. The fourth-order valence-corrected chi connectivity index (χ4v) is 0.370. The molecule has 0 aromatic rings. The van der Waals surface area contributed by atoms with Crippen LogP contribution in [0.25, 0.3) is 0 Å². The van der Waals surface area contributed by atoms with Crippen LogP contribution in [0.15, 0.2) is 0 Å². The van der Waals surface area contributed by atoms with E-state index in [1.807, 2.05) is 0 Å². The molecule has 0 aliphatic rings. The summed E-state index contributed by atoms with van der Waals surface area (Å²) in [6.45, 7) is 5.08. The van der Waals surface area contributed by atoms with Gasteiger partial charge in [0.05, 0.1) is 7.11 Å². The van der Waals surface area contributed by atoms with Gasteiger partial charge in [0.15, 0.2) is 0 Å². The van der Waals surface area contributed by atoms with Gasteiger partial charge in [0.1, 0.15) is 0 Å². The Hall–Kier alpha value is -0.610. The molecule has 0 aromatic heterocycles. The van der Waals surface area contributed by atoms with Gasteiger partial charge in [-0.1, -0.05) is 26.0 Å². The van der Waals surface area contributed by atoms with Gasteiger partial charge in [-0.2, -0.15) is 0 Å². The van der Waals surface area contributed by atoms with Gasteiger partial charge in [-0.15, -0.1) is 0 Å². The van der Waals surface area contributed by atoms with E-state index in [9.17, 15) is 4.79 Å². The van der Waals surface area contributed by atoms with E-state index in [-0.39, 0.29) is 5.23 Å². The van der Waals surface area contributed by atoms with E-state index in [0.29, 0.717) is 0 Å². The Morgan fingerprint density at radius 1 is 1.50 bits per heavy atom. The lowest BCUT2D eigenvalue weighted by atomic mass is 9.96. The molecule has 0 spiro atoms. The van der Waals surface area contributed by atoms with Crippen LogP contribution in [0.2, 0.25) is 0 Å². The largest absolute Gasteiger partial charge is 0.278 e. The summed E-state index contributed by atoms with van der Waals surface area (Å²) in [6, 6.07) is 0. The van der Waals surface area contributed by atoms with Crippen molar-refractivity contribution in [1.29, 1.82) is 0 Å². The molecule has 1 amide bonds. The predicted molar refractivity (Wildman–Crippen MR) is 35.1 cm³/mol. The van der Waals surface area contributed by atoms with E-state index in [1.54, 1.807) is 20.8 Å². The average molecular weight is 147 g/mol. The molecule has 4 heteroatoms. The first kappa shape index (κ1) is 9.39. The molecular formula is C6H13NO3. The minimum absolute atomic E-state index is 0.236. The highest BCUT2D eigenvalue weighted by Gasteiger charge is 2.26. The molecule has 60 valence electrons. The highest BCUT2D eigenvalue weighted by atomic mass is 16.9. The van der Waals surface area contributed by atoms with E-state index in [4.69, 9.17) is 5.21 Å². The van der Waals surface area contributed by atoms with Crippen LogP contribution in [0.3, 0.4) is 0 Å². The zero-order chi connectivity index (χ0) is 8.36. The summed E-state index contributed by atoms with van der Waals surface area (Å²) in [7, 11) is 1.23. The molecule has 0 saturated heterocycles. The smallest absolute Gasteiger partial charge is 0.269 e. The number of amides is 1. The van der Waals surface area contributed by atoms with Crippen LogP contribution in [-0.2, 0) is 9.63 Å². The summed E-state index contributed by atoms with van der Waals surface area (Å²) < 4.78 is 0. The van der Waals surface area contributed by atoms with Crippen molar-refractivity contribution >= 4 is 5.91 Å². The van der Waals surface area contributed by atoms with Gasteiger partial charge < -0.3 is 0 Å². The predicted octanol–water partition coefficient (Wildman–Crippen LogP) is 0.812. The Balaban J connectivity index is 4.09. The van der Waals surface area contributed by atoms with Gasteiger partial charge in [0.2, 0.25) is 0 Å². The van der Waals surface area contributed by atoms with Crippen LogP contribution in [0.1, 0.15) is 20.8 Å². The maximum Gasteiger partial charge on any atom is 0.278 e. The van der Waals surface area contributed by atoms with Crippen molar-refractivity contribution in [2.24, 2.45) is 5.41 Å². The second-order valence-electron chi connectivity index (χ2n) is 3.01. The molecule has 0 aliphatic heterocycles. The molecule has 0 fully saturated rings. The molecule has 1 N–H and O–H groups in total. The lowest BCUT2D eigenvalue weighted by Gasteiger charge is -2.20. The van der Waals surface area contributed by atoms with Gasteiger partial charge in [0, 0.05) is 5.41 Å². The monoisotopic (exact) mass is 147 g/mol. The molecular weight excluding hydrogens is 134 g/mol. The highest BCUT2D eigenvalue weighted by molar-refractivity contribution is 5.79. The summed E-state index contributed by atoms with van der Waals surface area (Å²) in [4.78, 5) is 15.2. The number of carbonyl (C=O) groups is 1. The van der Waals surface area contributed by atoms with Crippen LogP contribution in [-0.4, -0.2) is 23.5 Å². The van der Waals surface area contributed by atoms with Crippen LogP contribution < -0.4 is 0 Å². The molecule has 0 atom stereocenters. The van der Waals surface area contributed by atoms with Gasteiger partial charge in [-0.3, -0.25) is 10.0 Å². The molecule has 0 bridgehead atoms. The van der Waals surface area contributed by atoms with Crippen LogP contribution in [0.5, 0.6) is 0 Å². The average Bonchev–Trinajstić information content (AvgIpc) is 1.83. The maximum atomic E-state index is 10.9. The Morgan fingerprint density at radius 3 is 2.00 bits per heavy atom. The van der Waals surface area contributed by atoms with Crippen molar-refractivity contribution in [3.63, 3.8) is 0 Å². The topological polar surface area (TPSA) is 49.8 Å². The second kappa shape index (κ2) is 2.98. The third-order valence-electron chi connectivity index (χ3n) is 0.988. The third kappa shape index (κ3) is 2.33. The van der Waals surface area contributed by atoms with Gasteiger partial charge in [0.25, 0.3) is 5.91 Å². The highest BCUT2D eigenvalue weighted by Crippen LogP contribution is 2.15. The molecule has 10 heavy (non-hydrogen) atoms. The van der Waals surface area contributed by atoms with Crippen molar-refractivity contribution in [2.45, 2.75) is 20.8 Å². The van der Waals surface area contributed by atoms with Crippen molar-refractivity contribution in [3.05, 3.63) is 0 Å². The molecule has 0 heterocycles. The number of hydrogen-bond donors (Lipinski definition) is 1. The van der Waals surface area contributed by atoms with Crippen molar-refractivity contribution in [2.75, 3.05) is 7.11 Å². The van der Waals surface area contributed by atoms with Crippen molar-refractivity contribution in [3.8, 4) is 0 Å². The standard InChI is InChI=1S/C6H13NO3/c1-6(2,3)5(8)7(9)10-4/h9H,1-4H3. The Morgan fingerprint density at radius 2 is 1.90 bits per heavy atom. The molecule has 0 saturated carbocycles. The van der Waals surface area contributed by atoms with E-state index < -0.39 is 11.3 Å². The van der Waals surface area contributed by atoms with E-state index in [1.165, 1.54) is 7.11 Å². The lowest BCUT2D eigenvalue weighted by Crippen LogP contribution is -2.36. The summed E-state index contributed by atoms with van der Waals surface area (Å²) in [5.41, 5.74) is -0.606. The Kier molecular flexibility index (Phi) is 2.80. The van der Waals surface area contributed by atoms with E-state index in [0.717, 1.165) is 0 Å². The first-order valence-electron chi connectivity index (χ1n) is 2.97. The number of hydroxylamine groups is 2. The molecule has 0 radical (unpaired) electrons. The number of hydrogen-bond acceptors (Lipinski definition) is 3. The maximum absolute atomic E-state index is 10.9. The fraction of sp³-hybridized carbons (Fsp3) is 0.833. The first-order valence-corrected chi connectivity index (χ1v) is 2.97. The Bertz CT molecular complexity index is 127. The quantitative estimate of drug-likeness (QED) is 0.441. The van der Waals surface area contributed by atoms with E-state index >= 15 is 0 Å². The Labute approximate surface area is 60.3 Å². The van der Waals surface area contributed by atoms with Crippen LogP contribution in [0.4, 0.5) is 0 Å². The summed E-state index contributed by atoms with van der Waals surface area (Å²) in [5.74, 6) is -0.463. The minimum atomic E-state index is -0.606. The summed E-state index contributed by atoms with van der Waals surface area (Å²) >= 11 is 0. The minimum Gasteiger partial charge on any atom is -0.269 e. The van der Waals surface area contributed by atoms with Gasteiger partial charge in [-0.25, -0.2) is 4.84 Å². The molecule has 0 rings (SSSR count). The molecule has 0 unspecified atom stereocenters. The van der Waals surface area contributed by atoms with Gasteiger partial charge in [-0.05, 0) is 0 Å². The van der Waals surface area contributed by atoms with Gasteiger partial charge >= 0.3 is 0 Å². The molecule has 0 aromatic carbocycles. The zero-order valence-corrected chi connectivity index (χ0v) is 6.71. The SMILES string of the molecule is CON(O)C(=O)C(C)(C)C. The third-order valence-corrected chi connectivity index (χ3v) is 0.988. The lowest BCUT2D eigenvalue weighted by molar-refractivity contribution is -0.307. The second-order valence-corrected chi connectivity index (χ2v) is 3.01. The number of nitrogens with zero attached hydrogens (tertiary/aromatic N) is 1. The van der Waals surface area contributed by atoms with Crippen LogP contribution >= 0.6 is 0 Å². The zero-order valence-electron chi connectivity index (χ0n) is 6.71.